The minimum atomic E-state index is -0.467. The van der Waals surface area contributed by atoms with Crippen LogP contribution in [0.25, 0.3) is 11.0 Å². The van der Waals surface area contributed by atoms with Crippen LogP contribution < -0.4 is 19.5 Å². The van der Waals surface area contributed by atoms with Crippen LogP contribution in [0.3, 0.4) is 0 Å². The average Bonchev–Trinajstić information content (AvgIpc) is 3.21. The number of halogens is 1. The van der Waals surface area contributed by atoms with E-state index in [0.717, 1.165) is 4.47 Å². The third-order valence-electron chi connectivity index (χ3n) is 5.07. The molecule has 1 heterocycles. The van der Waals surface area contributed by atoms with Crippen LogP contribution in [0.1, 0.15) is 26.5 Å². The average molecular weight is 510 g/mol. The summed E-state index contributed by atoms with van der Waals surface area (Å²) >= 11 is 3.36. The van der Waals surface area contributed by atoms with E-state index < -0.39 is 5.91 Å². The predicted octanol–water partition coefficient (Wildman–Crippen LogP) is 5.70. The number of furan rings is 1. The molecule has 168 valence electrons. The van der Waals surface area contributed by atoms with Crippen LogP contribution >= 0.6 is 15.9 Å². The molecule has 4 aromatic rings. The van der Waals surface area contributed by atoms with Crippen molar-refractivity contribution in [2.45, 2.75) is 0 Å². The minimum Gasteiger partial charge on any atom is -0.493 e. The number of benzene rings is 3. The van der Waals surface area contributed by atoms with Gasteiger partial charge in [-0.1, -0.05) is 28.1 Å². The predicted molar refractivity (Wildman–Crippen MR) is 128 cm³/mol. The maximum Gasteiger partial charge on any atom is 0.256 e. The molecule has 1 N–H and O–H groups in total. The molecule has 0 atom stereocenters. The largest absolute Gasteiger partial charge is 0.493 e. The van der Waals surface area contributed by atoms with Crippen molar-refractivity contribution in [3.05, 3.63) is 82.0 Å². The second kappa shape index (κ2) is 9.38. The van der Waals surface area contributed by atoms with Crippen LogP contribution in [0.5, 0.6) is 17.2 Å². The molecule has 0 spiro atoms. The number of rotatable bonds is 7. The van der Waals surface area contributed by atoms with Gasteiger partial charge in [0, 0.05) is 21.0 Å². The zero-order chi connectivity index (χ0) is 23.5. The van der Waals surface area contributed by atoms with Gasteiger partial charge in [-0.3, -0.25) is 9.59 Å². The van der Waals surface area contributed by atoms with E-state index in [-0.39, 0.29) is 22.8 Å². The van der Waals surface area contributed by atoms with Crippen molar-refractivity contribution in [1.82, 2.24) is 0 Å². The second-order valence-corrected chi connectivity index (χ2v) is 7.92. The molecule has 0 unspecified atom stereocenters. The summed E-state index contributed by atoms with van der Waals surface area (Å²) in [5.41, 5.74) is 1.47. The number of nitrogens with one attached hydrogen (secondary N) is 1. The fraction of sp³-hybridized carbons (Fsp3) is 0.120. The fourth-order valence-electron chi connectivity index (χ4n) is 3.46. The van der Waals surface area contributed by atoms with Crippen molar-refractivity contribution in [3.63, 3.8) is 0 Å². The third kappa shape index (κ3) is 4.29. The number of ether oxygens (including phenoxy) is 3. The van der Waals surface area contributed by atoms with Crippen LogP contribution in [0.15, 0.2) is 69.6 Å². The Morgan fingerprint density at radius 3 is 2.09 bits per heavy atom. The van der Waals surface area contributed by atoms with E-state index >= 15 is 0 Å². The van der Waals surface area contributed by atoms with Crippen molar-refractivity contribution in [3.8, 4) is 17.2 Å². The number of amides is 1. The maximum atomic E-state index is 13.2. The quantitative estimate of drug-likeness (QED) is 0.321. The Bertz CT molecular complexity index is 1320. The lowest BCUT2D eigenvalue weighted by atomic mass is 10.1. The first kappa shape index (κ1) is 22.4. The van der Waals surface area contributed by atoms with Gasteiger partial charge in [0.05, 0.1) is 27.0 Å². The molecule has 33 heavy (non-hydrogen) atoms. The van der Waals surface area contributed by atoms with Crippen LogP contribution in [0.4, 0.5) is 5.69 Å². The number of para-hydroxylation sites is 1. The van der Waals surface area contributed by atoms with Gasteiger partial charge < -0.3 is 23.9 Å². The third-order valence-corrected chi connectivity index (χ3v) is 5.60. The highest BCUT2D eigenvalue weighted by Crippen LogP contribution is 2.39. The van der Waals surface area contributed by atoms with Crippen molar-refractivity contribution in [1.29, 1.82) is 0 Å². The highest BCUT2D eigenvalue weighted by molar-refractivity contribution is 9.10. The molecular formula is C25H20BrNO6. The summed E-state index contributed by atoms with van der Waals surface area (Å²) in [6.45, 7) is 0. The Balaban J connectivity index is 1.77. The van der Waals surface area contributed by atoms with E-state index in [0.29, 0.717) is 33.8 Å². The summed E-state index contributed by atoms with van der Waals surface area (Å²) in [7, 11) is 4.42. The first-order chi connectivity index (χ1) is 16.0. The van der Waals surface area contributed by atoms with E-state index in [9.17, 15) is 9.59 Å². The van der Waals surface area contributed by atoms with E-state index in [2.05, 4.69) is 21.2 Å². The van der Waals surface area contributed by atoms with Gasteiger partial charge in [-0.05, 0) is 48.5 Å². The molecule has 1 amide bonds. The van der Waals surface area contributed by atoms with Gasteiger partial charge in [0.2, 0.25) is 11.5 Å². The Kier molecular flexibility index (Phi) is 6.37. The van der Waals surface area contributed by atoms with Crippen LogP contribution in [-0.2, 0) is 0 Å². The van der Waals surface area contributed by atoms with E-state index in [1.165, 1.54) is 33.5 Å². The smallest absolute Gasteiger partial charge is 0.256 e. The van der Waals surface area contributed by atoms with Gasteiger partial charge in [0.1, 0.15) is 5.58 Å². The molecule has 4 rings (SSSR count). The summed E-state index contributed by atoms with van der Waals surface area (Å²) in [5.74, 6) is 0.274. The van der Waals surface area contributed by atoms with Crippen molar-refractivity contribution >= 4 is 44.3 Å². The molecule has 0 saturated heterocycles. The molecule has 0 aliphatic heterocycles. The fourth-order valence-corrected chi connectivity index (χ4v) is 3.72. The molecule has 0 aliphatic rings. The van der Waals surface area contributed by atoms with E-state index in [1.54, 1.807) is 48.5 Å². The van der Waals surface area contributed by atoms with Gasteiger partial charge >= 0.3 is 0 Å². The van der Waals surface area contributed by atoms with Gasteiger partial charge in [-0.2, -0.15) is 0 Å². The van der Waals surface area contributed by atoms with Gasteiger partial charge in [0.15, 0.2) is 17.3 Å². The summed E-state index contributed by atoms with van der Waals surface area (Å²) < 4.78 is 22.7. The van der Waals surface area contributed by atoms with Crippen LogP contribution in [-0.4, -0.2) is 33.0 Å². The number of hydrogen-bond donors (Lipinski definition) is 1. The standard InChI is InChI=1S/C25H20BrNO6/c1-30-19-12-15(13-20(31-2)23(19)32-3)25(29)27-21-17-6-4-5-7-18(17)33-24(21)22(28)14-8-10-16(26)11-9-14/h4-13H,1-3H3,(H,27,29). The normalized spacial score (nSPS) is 10.7. The van der Waals surface area contributed by atoms with E-state index in [4.69, 9.17) is 18.6 Å². The molecule has 0 fully saturated rings. The Hall–Kier alpha value is -3.78. The number of hydrogen-bond acceptors (Lipinski definition) is 6. The number of methoxy groups -OCH3 is 3. The van der Waals surface area contributed by atoms with Crippen LogP contribution in [0.2, 0.25) is 0 Å². The molecule has 0 radical (unpaired) electrons. The first-order valence-corrected chi connectivity index (χ1v) is 10.7. The Morgan fingerprint density at radius 2 is 1.48 bits per heavy atom. The van der Waals surface area contributed by atoms with Gasteiger partial charge in [-0.15, -0.1) is 0 Å². The molecule has 0 saturated carbocycles. The van der Waals surface area contributed by atoms with Gasteiger partial charge in [0.25, 0.3) is 5.91 Å². The lowest BCUT2D eigenvalue weighted by Crippen LogP contribution is -2.15. The number of anilines is 1. The lowest BCUT2D eigenvalue weighted by Gasteiger charge is -2.14. The molecule has 8 heteroatoms. The first-order valence-electron chi connectivity index (χ1n) is 9.90. The number of fused-ring (bicyclic) bond motifs is 1. The maximum absolute atomic E-state index is 13.2. The zero-order valence-electron chi connectivity index (χ0n) is 18.1. The lowest BCUT2D eigenvalue weighted by molar-refractivity contribution is 0.101. The summed E-state index contributed by atoms with van der Waals surface area (Å²) in [5, 5.41) is 3.45. The van der Waals surface area contributed by atoms with Crippen molar-refractivity contribution in [2.24, 2.45) is 0 Å². The van der Waals surface area contributed by atoms with Crippen LogP contribution in [0, 0.1) is 0 Å². The Labute approximate surface area is 198 Å². The molecule has 3 aromatic carbocycles. The van der Waals surface area contributed by atoms with E-state index in [1.807, 2.05) is 0 Å². The SMILES string of the molecule is COc1cc(C(=O)Nc2c(C(=O)c3ccc(Br)cc3)oc3ccccc23)cc(OC)c1OC. The summed E-state index contributed by atoms with van der Waals surface area (Å²) in [6, 6.07) is 17.1. The molecule has 0 aliphatic carbocycles. The molecule has 0 bridgehead atoms. The second-order valence-electron chi connectivity index (χ2n) is 7.01. The molecular weight excluding hydrogens is 490 g/mol. The number of carbonyl (C=O) groups excluding carboxylic acids is 2. The minimum absolute atomic E-state index is 0.0410. The number of carbonyl (C=O) groups is 2. The summed E-state index contributed by atoms with van der Waals surface area (Å²) in [4.78, 5) is 26.5. The monoisotopic (exact) mass is 509 g/mol. The van der Waals surface area contributed by atoms with Crippen molar-refractivity contribution in [2.75, 3.05) is 26.6 Å². The highest BCUT2D eigenvalue weighted by Gasteiger charge is 2.25. The summed E-state index contributed by atoms with van der Waals surface area (Å²) in [6.07, 6.45) is 0. The van der Waals surface area contributed by atoms with Gasteiger partial charge in [-0.25, -0.2) is 0 Å². The molecule has 7 nitrogen and oxygen atoms in total. The zero-order valence-corrected chi connectivity index (χ0v) is 19.7. The topological polar surface area (TPSA) is 87.0 Å². The van der Waals surface area contributed by atoms with Crippen molar-refractivity contribution < 1.29 is 28.2 Å². The Morgan fingerprint density at radius 1 is 0.848 bits per heavy atom. The molecule has 1 aromatic heterocycles. The number of ketones is 1. The highest BCUT2D eigenvalue weighted by atomic mass is 79.9.